The smallest absolute Gasteiger partial charge is 0.0163 e. The summed E-state index contributed by atoms with van der Waals surface area (Å²) >= 11 is 0. The van der Waals surface area contributed by atoms with E-state index in [1.165, 1.54) is 10.8 Å². The molecule has 0 amide bonds. The van der Waals surface area contributed by atoms with Crippen LogP contribution in [0.15, 0.2) is 35.1 Å². The molecule has 0 aliphatic heterocycles. The van der Waals surface area contributed by atoms with Crippen molar-refractivity contribution in [1.29, 1.82) is 0 Å². The topological polar surface area (TPSA) is 0 Å². The minimum absolute atomic E-state index is 1.18. The molecule has 0 aromatic rings. The summed E-state index contributed by atoms with van der Waals surface area (Å²) in [5.41, 5.74) is 1.24. The van der Waals surface area contributed by atoms with Gasteiger partial charge < -0.3 is 0 Å². The Bertz CT molecular complexity index is 181. The van der Waals surface area contributed by atoms with Gasteiger partial charge in [-0.25, -0.2) is 0 Å². The van der Waals surface area contributed by atoms with Crippen molar-refractivity contribution in [2.75, 3.05) is 0 Å². The lowest BCUT2D eigenvalue weighted by molar-refractivity contribution is 1.45. The van der Waals surface area contributed by atoms with Crippen LogP contribution in [0, 0.1) is 6.42 Å². The Morgan fingerprint density at radius 3 is 2.67 bits per heavy atom. The lowest BCUT2D eigenvalue weighted by Crippen LogP contribution is -1.86. The molecule has 3 radical (unpaired) electrons. The van der Waals surface area contributed by atoms with Crippen molar-refractivity contribution in [3.05, 3.63) is 41.5 Å². The summed E-state index contributed by atoms with van der Waals surface area (Å²) in [5, 5.41) is 1.18. The van der Waals surface area contributed by atoms with Crippen LogP contribution in [0.4, 0.5) is 0 Å². The molecule has 1 heteroatoms. The molecular weight excluding hydrogens is 124 g/mol. The summed E-state index contributed by atoms with van der Waals surface area (Å²) in [5.74, 6) is 0. The maximum absolute atomic E-state index is 3.45. The molecule has 0 bridgehead atoms. The molecule has 1 rings (SSSR count). The third-order valence-electron chi connectivity index (χ3n) is 1.21. The fourth-order valence-electron chi connectivity index (χ4n) is 0.688. The van der Waals surface area contributed by atoms with Crippen molar-refractivity contribution < 1.29 is 0 Å². The molecule has 0 nitrogen and oxygen atoms in total. The monoisotopic (exact) mass is 132 g/mol. The lowest BCUT2D eigenvalue weighted by Gasteiger charge is -1.93. The van der Waals surface area contributed by atoms with Crippen LogP contribution in [-0.2, 0) is 0 Å². The van der Waals surface area contributed by atoms with E-state index in [1.54, 1.807) is 0 Å². The highest BCUT2D eigenvalue weighted by Crippen LogP contribution is 2.11. The molecule has 1 aliphatic carbocycles. The minimum Gasteiger partial charge on any atom is -0.0163 e. The van der Waals surface area contributed by atoms with Crippen molar-refractivity contribution in [1.82, 2.24) is 0 Å². The van der Waals surface area contributed by atoms with Crippen LogP contribution in [0.25, 0.3) is 0 Å². The second-order valence-corrected chi connectivity index (χ2v) is 2.74. The Morgan fingerprint density at radius 1 is 1.56 bits per heavy atom. The lowest BCUT2D eigenvalue weighted by atomic mass is 10.1. The van der Waals surface area contributed by atoms with Gasteiger partial charge in [0, 0.05) is 30.7 Å². The van der Waals surface area contributed by atoms with Crippen LogP contribution in [-0.4, -0.2) is 10.2 Å². The highest BCUT2D eigenvalue weighted by Gasteiger charge is 2.02. The van der Waals surface area contributed by atoms with Crippen LogP contribution in [0.2, 0.25) is 0 Å². The van der Waals surface area contributed by atoms with Crippen molar-refractivity contribution in [2.45, 2.75) is 6.92 Å². The number of rotatable bonds is 0. The van der Waals surface area contributed by atoms with Gasteiger partial charge in [-0.05, 0) is 12.1 Å². The normalized spacial score (nSPS) is 21.6. The van der Waals surface area contributed by atoms with E-state index in [0.29, 0.717) is 0 Å². The molecule has 0 aromatic heterocycles. The number of allylic oxidation sites excluding steroid dienone is 6. The van der Waals surface area contributed by atoms with Crippen LogP contribution >= 0.6 is 0 Å². The van der Waals surface area contributed by atoms with Crippen LogP contribution < -0.4 is 0 Å². The molecule has 0 aromatic carbocycles. The van der Waals surface area contributed by atoms with E-state index in [9.17, 15) is 0 Å². The van der Waals surface area contributed by atoms with E-state index in [-0.39, 0.29) is 0 Å². The Hall–Kier alpha value is -0.693. The van der Waals surface area contributed by atoms with E-state index in [4.69, 9.17) is 0 Å². The Morgan fingerprint density at radius 2 is 2.33 bits per heavy atom. The number of hydrogen-bond donors (Lipinski definition) is 0. The summed E-state index contributed by atoms with van der Waals surface area (Å²) < 4.78 is 0. The molecule has 0 fully saturated rings. The molecule has 0 saturated carbocycles. The maximum atomic E-state index is 3.45. The third-order valence-corrected chi connectivity index (χ3v) is 1.50. The van der Waals surface area contributed by atoms with Crippen LogP contribution in [0.3, 0.4) is 0 Å². The standard InChI is InChI=1S/C8H8Si/c1-7(9)8-5-3-2-4-6-8/h2-6H,1H3/q+1. The Labute approximate surface area is 59.4 Å². The summed E-state index contributed by atoms with van der Waals surface area (Å²) in [7, 11) is 3.45. The van der Waals surface area contributed by atoms with E-state index >= 15 is 0 Å². The van der Waals surface area contributed by atoms with Gasteiger partial charge in [-0.1, -0.05) is 0 Å². The van der Waals surface area contributed by atoms with E-state index in [2.05, 4.69) is 22.7 Å². The molecule has 1 aliphatic rings. The molecule has 0 N–H and O–H groups in total. The Kier molecular flexibility index (Phi) is 1.95. The number of hydrogen-bond acceptors (Lipinski definition) is 0. The van der Waals surface area contributed by atoms with Gasteiger partial charge in [0.05, 0.1) is 5.57 Å². The molecule has 0 unspecified atom stereocenters. The maximum Gasteiger partial charge on any atom is 0.147 e. The molecule has 0 spiro atoms. The van der Waals surface area contributed by atoms with Crippen LogP contribution in [0.1, 0.15) is 6.92 Å². The molecule has 0 heterocycles. The SMILES string of the molecule is CC([Si])=C1C=CC=C[CH+]1. The van der Waals surface area contributed by atoms with E-state index in [1.807, 2.05) is 25.2 Å². The van der Waals surface area contributed by atoms with E-state index in [0.717, 1.165) is 0 Å². The zero-order chi connectivity index (χ0) is 6.69. The quantitative estimate of drug-likeness (QED) is 0.348. The summed E-state index contributed by atoms with van der Waals surface area (Å²) in [6.07, 6.45) is 10.2. The van der Waals surface area contributed by atoms with Crippen molar-refractivity contribution in [3.63, 3.8) is 0 Å². The average Bonchev–Trinajstić information content (AvgIpc) is 1.90. The van der Waals surface area contributed by atoms with Crippen molar-refractivity contribution in [2.24, 2.45) is 0 Å². The van der Waals surface area contributed by atoms with Gasteiger partial charge in [0.1, 0.15) is 10.2 Å². The molecule has 43 valence electrons. The van der Waals surface area contributed by atoms with Gasteiger partial charge in [0.15, 0.2) is 0 Å². The fraction of sp³-hybridized carbons (Fsp3) is 0.125. The fourth-order valence-corrected chi connectivity index (χ4v) is 0.855. The predicted octanol–water partition coefficient (Wildman–Crippen LogP) is 1.76. The third kappa shape index (κ3) is 1.61. The first-order chi connectivity index (χ1) is 4.30. The first kappa shape index (κ1) is 6.43. The summed E-state index contributed by atoms with van der Waals surface area (Å²) in [6, 6.07) is 0. The average molecular weight is 132 g/mol. The summed E-state index contributed by atoms with van der Waals surface area (Å²) in [6.45, 7) is 2.03. The minimum atomic E-state index is 1.18. The van der Waals surface area contributed by atoms with Gasteiger partial charge in [-0.3, -0.25) is 0 Å². The first-order valence-electron chi connectivity index (χ1n) is 2.91. The highest BCUT2D eigenvalue weighted by atomic mass is 28.1. The van der Waals surface area contributed by atoms with Crippen molar-refractivity contribution in [3.8, 4) is 0 Å². The molecule has 0 saturated heterocycles. The van der Waals surface area contributed by atoms with Gasteiger partial charge in [-0.2, -0.15) is 0 Å². The zero-order valence-corrected chi connectivity index (χ0v) is 6.39. The molecular formula is C8H8Si+. The highest BCUT2D eigenvalue weighted by molar-refractivity contribution is 6.22. The second-order valence-electron chi connectivity index (χ2n) is 1.99. The van der Waals surface area contributed by atoms with Gasteiger partial charge >= 0.3 is 0 Å². The Balaban J connectivity index is 2.78. The zero-order valence-electron chi connectivity index (χ0n) is 5.39. The predicted molar refractivity (Wildman–Crippen MR) is 41.0 cm³/mol. The van der Waals surface area contributed by atoms with Gasteiger partial charge in [0.2, 0.25) is 0 Å². The largest absolute Gasteiger partial charge is 0.147 e. The van der Waals surface area contributed by atoms with Crippen LogP contribution in [0.5, 0.6) is 0 Å². The van der Waals surface area contributed by atoms with E-state index < -0.39 is 0 Å². The second kappa shape index (κ2) is 2.74. The molecule has 0 atom stereocenters. The van der Waals surface area contributed by atoms with Gasteiger partial charge in [0.25, 0.3) is 0 Å². The molecule has 9 heavy (non-hydrogen) atoms. The first-order valence-corrected chi connectivity index (χ1v) is 3.41. The van der Waals surface area contributed by atoms with Crippen molar-refractivity contribution >= 4 is 10.2 Å². The van der Waals surface area contributed by atoms with Gasteiger partial charge in [-0.15, -0.1) is 0 Å². The summed E-state index contributed by atoms with van der Waals surface area (Å²) in [4.78, 5) is 0.